The number of aromatic nitrogens is 1. The summed E-state index contributed by atoms with van der Waals surface area (Å²) in [5, 5.41) is 8.73. The van der Waals surface area contributed by atoms with Crippen molar-refractivity contribution in [3.8, 4) is 0 Å². The second-order valence-corrected chi connectivity index (χ2v) is 7.10. The maximum atomic E-state index is 12.3. The van der Waals surface area contributed by atoms with Crippen LogP contribution in [-0.2, 0) is 9.53 Å². The molecule has 0 bridgehead atoms. The number of hydrogen-bond acceptors (Lipinski definition) is 5. The van der Waals surface area contributed by atoms with Crippen molar-refractivity contribution < 1.29 is 14.3 Å². The summed E-state index contributed by atoms with van der Waals surface area (Å²) in [5.74, 6) is 0.262. The third-order valence-electron chi connectivity index (χ3n) is 4.38. The highest BCUT2D eigenvalue weighted by Crippen LogP contribution is 2.29. The van der Waals surface area contributed by atoms with Gasteiger partial charge < -0.3 is 25.6 Å². The predicted octanol–water partition coefficient (Wildman–Crippen LogP) is 3.03. The molecule has 1 aliphatic rings. The molecule has 9 heteroatoms. The van der Waals surface area contributed by atoms with Crippen LogP contribution in [0.1, 0.15) is 12.0 Å². The fourth-order valence-corrected chi connectivity index (χ4v) is 3.06. The highest BCUT2D eigenvalue weighted by atomic mass is 35.5. The number of benzene rings is 1. The standard InChI is InChI=1S/C20H24ClN5O3/c1-14-2-5-18(23-13-14)25-19(27)6-7-22-20(28)24-16-12-15(21)3-4-17(16)26-8-10-29-11-9-26/h2-5,12-13H,6-11H2,1H3,(H2,22,24,28)(H,23,25,27). The van der Waals surface area contributed by atoms with Gasteiger partial charge in [-0.1, -0.05) is 17.7 Å². The molecular formula is C20H24ClN5O3. The minimum absolute atomic E-state index is 0.134. The van der Waals surface area contributed by atoms with Crippen LogP contribution in [-0.4, -0.2) is 49.8 Å². The van der Waals surface area contributed by atoms with E-state index < -0.39 is 6.03 Å². The Bertz CT molecular complexity index is 854. The first kappa shape index (κ1) is 20.9. The Morgan fingerprint density at radius 1 is 1.17 bits per heavy atom. The zero-order chi connectivity index (χ0) is 20.6. The third-order valence-corrected chi connectivity index (χ3v) is 4.61. The molecule has 0 aliphatic carbocycles. The predicted molar refractivity (Wildman–Crippen MR) is 114 cm³/mol. The molecule has 0 atom stereocenters. The van der Waals surface area contributed by atoms with Crippen LogP contribution in [0.15, 0.2) is 36.5 Å². The van der Waals surface area contributed by atoms with Gasteiger partial charge in [0.15, 0.2) is 0 Å². The molecular weight excluding hydrogens is 394 g/mol. The SMILES string of the molecule is Cc1ccc(NC(=O)CCNC(=O)Nc2cc(Cl)ccc2N2CCOCC2)nc1. The Balaban J connectivity index is 1.49. The lowest BCUT2D eigenvalue weighted by Gasteiger charge is -2.30. The van der Waals surface area contributed by atoms with Crippen LogP contribution in [0.2, 0.25) is 5.02 Å². The lowest BCUT2D eigenvalue weighted by molar-refractivity contribution is -0.116. The number of nitrogens with zero attached hydrogens (tertiary/aromatic N) is 2. The molecule has 8 nitrogen and oxygen atoms in total. The van der Waals surface area contributed by atoms with Crippen molar-refractivity contribution in [2.24, 2.45) is 0 Å². The molecule has 0 radical (unpaired) electrons. The van der Waals surface area contributed by atoms with Gasteiger partial charge in [-0.25, -0.2) is 9.78 Å². The van der Waals surface area contributed by atoms with Crippen molar-refractivity contribution in [1.29, 1.82) is 0 Å². The summed E-state index contributed by atoms with van der Waals surface area (Å²) < 4.78 is 5.38. The van der Waals surface area contributed by atoms with Crippen LogP contribution < -0.4 is 20.9 Å². The summed E-state index contributed by atoms with van der Waals surface area (Å²) in [7, 11) is 0. The average Bonchev–Trinajstić information content (AvgIpc) is 2.70. The van der Waals surface area contributed by atoms with Crippen molar-refractivity contribution in [1.82, 2.24) is 10.3 Å². The number of rotatable bonds is 6. The summed E-state index contributed by atoms with van der Waals surface area (Å²) in [6.45, 7) is 4.87. The molecule has 0 saturated carbocycles. The Hall–Kier alpha value is -2.84. The van der Waals surface area contributed by atoms with Crippen molar-refractivity contribution in [3.63, 3.8) is 0 Å². The number of nitrogens with one attached hydrogen (secondary N) is 3. The number of urea groups is 1. The minimum atomic E-state index is -0.400. The second-order valence-electron chi connectivity index (χ2n) is 6.66. The van der Waals surface area contributed by atoms with Crippen LogP contribution in [0, 0.1) is 6.92 Å². The summed E-state index contributed by atoms with van der Waals surface area (Å²) in [4.78, 5) is 30.5. The van der Waals surface area contributed by atoms with Crippen LogP contribution >= 0.6 is 11.6 Å². The zero-order valence-corrected chi connectivity index (χ0v) is 17.0. The number of anilines is 3. The van der Waals surface area contributed by atoms with E-state index in [1.807, 2.05) is 19.1 Å². The number of ether oxygens (including phenoxy) is 1. The van der Waals surface area contributed by atoms with Gasteiger partial charge in [0.25, 0.3) is 0 Å². The number of aryl methyl sites for hydroxylation is 1. The first-order valence-electron chi connectivity index (χ1n) is 9.41. The molecule has 154 valence electrons. The molecule has 1 aliphatic heterocycles. The molecule has 2 heterocycles. The van der Waals surface area contributed by atoms with Gasteiger partial charge in [-0.2, -0.15) is 0 Å². The summed E-state index contributed by atoms with van der Waals surface area (Å²) in [6.07, 6.45) is 1.81. The lowest BCUT2D eigenvalue weighted by Crippen LogP contribution is -2.37. The van der Waals surface area contributed by atoms with E-state index in [0.29, 0.717) is 29.7 Å². The van der Waals surface area contributed by atoms with E-state index in [4.69, 9.17) is 16.3 Å². The van der Waals surface area contributed by atoms with Crippen LogP contribution in [0.25, 0.3) is 0 Å². The third kappa shape index (κ3) is 6.33. The van der Waals surface area contributed by atoms with Crippen molar-refractivity contribution in [3.05, 3.63) is 47.1 Å². The van der Waals surface area contributed by atoms with E-state index in [2.05, 4.69) is 25.8 Å². The molecule has 3 rings (SSSR count). The molecule has 1 fully saturated rings. The van der Waals surface area contributed by atoms with Gasteiger partial charge in [-0.15, -0.1) is 0 Å². The van der Waals surface area contributed by atoms with E-state index >= 15 is 0 Å². The fraction of sp³-hybridized carbons (Fsp3) is 0.350. The maximum absolute atomic E-state index is 12.3. The van der Waals surface area contributed by atoms with Gasteiger partial charge in [-0.05, 0) is 36.8 Å². The smallest absolute Gasteiger partial charge is 0.319 e. The van der Waals surface area contributed by atoms with Crippen molar-refractivity contribution >= 4 is 40.7 Å². The van der Waals surface area contributed by atoms with Gasteiger partial charge in [-0.3, -0.25) is 4.79 Å². The minimum Gasteiger partial charge on any atom is -0.378 e. The summed E-state index contributed by atoms with van der Waals surface area (Å²) >= 11 is 6.10. The zero-order valence-electron chi connectivity index (χ0n) is 16.2. The Morgan fingerprint density at radius 3 is 2.69 bits per heavy atom. The Morgan fingerprint density at radius 2 is 1.97 bits per heavy atom. The van der Waals surface area contributed by atoms with Crippen LogP contribution in [0.5, 0.6) is 0 Å². The van der Waals surface area contributed by atoms with Crippen molar-refractivity contribution in [2.45, 2.75) is 13.3 Å². The second kappa shape index (κ2) is 10.1. The number of pyridine rings is 1. The molecule has 3 N–H and O–H groups in total. The molecule has 29 heavy (non-hydrogen) atoms. The van der Waals surface area contributed by atoms with Gasteiger partial charge in [0.2, 0.25) is 5.91 Å². The Kier molecular flexibility index (Phi) is 7.26. The topological polar surface area (TPSA) is 95.6 Å². The summed E-state index contributed by atoms with van der Waals surface area (Å²) in [6, 6.07) is 8.58. The van der Waals surface area contributed by atoms with E-state index in [0.717, 1.165) is 24.3 Å². The Labute approximate surface area is 174 Å². The fourth-order valence-electron chi connectivity index (χ4n) is 2.89. The van der Waals surface area contributed by atoms with Gasteiger partial charge in [0, 0.05) is 37.3 Å². The molecule has 0 spiro atoms. The van der Waals surface area contributed by atoms with E-state index in [9.17, 15) is 9.59 Å². The van der Waals surface area contributed by atoms with E-state index in [1.165, 1.54) is 0 Å². The molecule has 0 unspecified atom stereocenters. The molecule has 2 aromatic rings. The molecule has 1 aromatic carbocycles. The molecule has 1 aromatic heterocycles. The van der Waals surface area contributed by atoms with Gasteiger partial charge in [0.1, 0.15) is 5.82 Å². The number of amides is 3. The monoisotopic (exact) mass is 417 g/mol. The molecule has 1 saturated heterocycles. The largest absolute Gasteiger partial charge is 0.378 e. The van der Waals surface area contributed by atoms with E-state index in [1.54, 1.807) is 24.4 Å². The number of halogens is 1. The summed E-state index contributed by atoms with van der Waals surface area (Å²) in [5.41, 5.74) is 2.51. The highest BCUT2D eigenvalue weighted by molar-refractivity contribution is 6.31. The van der Waals surface area contributed by atoms with Crippen molar-refractivity contribution in [2.75, 3.05) is 48.4 Å². The first-order chi connectivity index (χ1) is 14.0. The number of carbonyl (C=O) groups is 2. The number of morpholine rings is 1. The van der Waals surface area contributed by atoms with Crippen LogP contribution in [0.3, 0.4) is 0 Å². The average molecular weight is 418 g/mol. The molecule has 3 amide bonds. The normalized spacial score (nSPS) is 13.7. The lowest BCUT2D eigenvalue weighted by atomic mass is 10.2. The number of hydrogen-bond donors (Lipinski definition) is 3. The highest BCUT2D eigenvalue weighted by Gasteiger charge is 2.16. The van der Waals surface area contributed by atoms with Gasteiger partial charge in [0.05, 0.1) is 24.6 Å². The van der Waals surface area contributed by atoms with Crippen LogP contribution in [0.4, 0.5) is 22.0 Å². The van der Waals surface area contributed by atoms with Gasteiger partial charge >= 0.3 is 6.03 Å². The number of carbonyl (C=O) groups excluding carboxylic acids is 2. The first-order valence-corrected chi connectivity index (χ1v) is 9.78. The maximum Gasteiger partial charge on any atom is 0.319 e. The quantitative estimate of drug-likeness (QED) is 0.671. The van der Waals surface area contributed by atoms with E-state index in [-0.39, 0.29) is 18.9 Å².